The lowest BCUT2D eigenvalue weighted by Gasteiger charge is -2.15. The quantitative estimate of drug-likeness (QED) is 0.361. The van der Waals surface area contributed by atoms with Crippen LogP contribution in [0.25, 0.3) is 28.0 Å². The van der Waals surface area contributed by atoms with Gasteiger partial charge in [-0.1, -0.05) is 18.2 Å². The number of hydrogen-bond acceptors (Lipinski definition) is 6. The molecule has 0 aliphatic heterocycles. The van der Waals surface area contributed by atoms with Crippen LogP contribution in [-0.4, -0.2) is 29.7 Å². The molecule has 0 unspecified atom stereocenters. The Balaban J connectivity index is 2.00. The molecular formula is C24H20N2O5. The summed E-state index contributed by atoms with van der Waals surface area (Å²) in [7, 11) is 3.05. The van der Waals surface area contributed by atoms with E-state index >= 15 is 0 Å². The second-order valence-electron chi connectivity index (χ2n) is 6.75. The lowest BCUT2D eigenvalue weighted by Crippen LogP contribution is -2.22. The van der Waals surface area contributed by atoms with E-state index in [2.05, 4.69) is 0 Å². The Hall–Kier alpha value is -4.13. The minimum absolute atomic E-state index is 0.240. The van der Waals surface area contributed by atoms with Crippen molar-refractivity contribution in [2.75, 3.05) is 14.2 Å². The minimum atomic E-state index is -0.404. The molecule has 0 saturated carbocycles. The molecule has 7 heteroatoms. The number of methoxy groups -OCH3 is 2. The van der Waals surface area contributed by atoms with Crippen molar-refractivity contribution in [1.82, 2.24) is 9.55 Å². The molecule has 1 aromatic heterocycles. The van der Waals surface area contributed by atoms with Gasteiger partial charge in [0.05, 0.1) is 30.8 Å². The van der Waals surface area contributed by atoms with Crippen molar-refractivity contribution in [3.05, 3.63) is 77.1 Å². The van der Waals surface area contributed by atoms with E-state index in [0.717, 1.165) is 0 Å². The van der Waals surface area contributed by atoms with E-state index in [1.54, 1.807) is 41.0 Å². The minimum Gasteiger partial charge on any atom is -0.493 e. The summed E-state index contributed by atoms with van der Waals surface area (Å²) in [6.45, 7) is 1.34. The van der Waals surface area contributed by atoms with Crippen molar-refractivity contribution < 1.29 is 19.0 Å². The smallest absolute Gasteiger partial charge is 0.308 e. The molecule has 4 rings (SSSR count). The molecule has 0 atom stereocenters. The van der Waals surface area contributed by atoms with Gasteiger partial charge in [0.1, 0.15) is 11.6 Å². The van der Waals surface area contributed by atoms with Crippen LogP contribution in [0, 0.1) is 0 Å². The van der Waals surface area contributed by atoms with E-state index in [9.17, 15) is 9.59 Å². The van der Waals surface area contributed by atoms with Crippen molar-refractivity contribution >= 4 is 16.9 Å². The van der Waals surface area contributed by atoms with Crippen LogP contribution in [0.3, 0.4) is 0 Å². The van der Waals surface area contributed by atoms with Gasteiger partial charge in [0.2, 0.25) is 0 Å². The first kappa shape index (κ1) is 20.2. The molecule has 0 amide bonds. The average Bonchev–Trinajstić information content (AvgIpc) is 2.79. The molecule has 0 spiro atoms. The second-order valence-corrected chi connectivity index (χ2v) is 6.75. The molecule has 0 fully saturated rings. The summed E-state index contributed by atoms with van der Waals surface area (Å²) < 4.78 is 17.4. The fraction of sp³-hybridized carbons (Fsp3) is 0.125. The highest BCUT2D eigenvalue weighted by Crippen LogP contribution is 2.32. The highest BCUT2D eigenvalue weighted by Gasteiger charge is 2.17. The van der Waals surface area contributed by atoms with Gasteiger partial charge in [-0.2, -0.15) is 0 Å². The van der Waals surface area contributed by atoms with E-state index in [1.165, 1.54) is 21.1 Å². The third-order valence-corrected chi connectivity index (χ3v) is 4.76. The Labute approximate surface area is 178 Å². The topological polar surface area (TPSA) is 79.7 Å². The molecule has 1 heterocycles. The third-order valence-electron chi connectivity index (χ3n) is 4.76. The van der Waals surface area contributed by atoms with Gasteiger partial charge in [0.15, 0.2) is 11.5 Å². The number of rotatable bonds is 5. The van der Waals surface area contributed by atoms with Crippen LogP contribution < -0.4 is 19.8 Å². The zero-order valence-corrected chi connectivity index (χ0v) is 17.3. The summed E-state index contributed by atoms with van der Waals surface area (Å²) in [6, 6.07) is 19.4. The molecule has 156 valence electrons. The number of hydrogen-bond donors (Lipinski definition) is 0. The summed E-state index contributed by atoms with van der Waals surface area (Å²) in [6.07, 6.45) is 0. The van der Waals surface area contributed by atoms with Crippen molar-refractivity contribution in [2.45, 2.75) is 6.92 Å². The number of carbonyl (C=O) groups excluding carboxylic acids is 1. The lowest BCUT2D eigenvalue weighted by molar-refractivity contribution is -0.131. The van der Waals surface area contributed by atoms with Crippen LogP contribution in [0.1, 0.15) is 6.92 Å². The number of carbonyl (C=O) groups is 1. The van der Waals surface area contributed by atoms with Gasteiger partial charge in [0, 0.05) is 18.6 Å². The molecule has 0 radical (unpaired) electrons. The molecule has 7 nitrogen and oxygen atoms in total. The predicted molar refractivity (Wildman–Crippen MR) is 117 cm³/mol. The van der Waals surface area contributed by atoms with Crippen LogP contribution in [-0.2, 0) is 4.79 Å². The van der Waals surface area contributed by atoms with Crippen molar-refractivity contribution in [2.24, 2.45) is 0 Å². The van der Waals surface area contributed by atoms with Gasteiger partial charge in [0.25, 0.3) is 5.56 Å². The summed E-state index contributed by atoms with van der Waals surface area (Å²) in [5.74, 6) is 1.39. The van der Waals surface area contributed by atoms with Crippen LogP contribution in [0.5, 0.6) is 17.2 Å². The zero-order chi connectivity index (χ0) is 22.0. The van der Waals surface area contributed by atoms with E-state index in [4.69, 9.17) is 19.2 Å². The van der Waals surface area contributed by atoms with Crippen LogP contribution >= 0.6 is 0 Å². The Morgan fingerprint density at radius 3 is 2.16 bits per heavy atom. The molecule has 0 aliphatic rings. The maximum atomic E-state index is 13.6. The monoisotopic (exact) mass is 416 g/mol. The summed E-state index contributed by atoms with van der Waals surface area (Å²) in [5, 5.41) is 0.404. The molecule has 31 heavy (non-hydrogen) atoms. The van der Waals surface area contributed by atoms with Crippen LogP contribution in [0.15, 0.2) is 71.5 Å². The fourth-order valence-electron chi connectivity index (χ4n) is 3.36. The average molecular weight is 416 g/mol. The first-order valence-corrected chi connectivity index (χ1v) is 9.55. The van der Waals surface area contributed by atoms with E-state index in [1.807, 2.05) is 30.3 Å². The Kier molecular flexibility index (Phi) is 5.41. The Morgan fingerprint density at radius 2 is 1.55 bits per heavy atom. The molecular weight excluding hydrogens is 396 g/mol. The summed E-state index contributed by atoms with van der Waals surface area (Å²) in [4.78, 5) is 29.5. The van der Waals surface area contributed by atoms with Gasteiger partial charge in [-0.3, -0.25) is 14.2 Å². The lowest BCUT2D eigenvalue weighted by atomic mass is 10.1. The normalized spacial score (nSPS) is 10.7. The van der Waals surface area contributed by atoms with Crippen LogP contribution in [0.4, 0.5) is 0 Å². The number of para-hydroxylation sites is 1. The van der Waals surface area contributed by atoms with E-state index in [-0.39, 0.29) is 5.56 Å². The van der Waals surface area contributed by atoms with Gasteiger partial charge in [-0.25, -0.2) is 4.98 Å². The largest absolute Gasteiger partial charge is 0.493 e. The fourth-order valence-corrected chi connectivity index (χ4v) is 3.36. The number of nitrogens with zero attached hydrogens (tertiary/aromatic N) is 2. The summed E-state index contributed by atoms with van der Waals surface area (Å²) >= 11 is 0. The maximum Gasteiger partial charge on any atom is 0.308 e. The van der Waals surface area contributed by atoms with Crippen molar-refractivity contribution in [1.29, 1.82) is 0 Å². The number of aromatic nitrogens is 2. The number of ether oxygens (including phenoxy) is 3. The molecule has 0 bridgehead atoms. The van der Waals surface area contributed by atoms with E-state index in [0.29, 0.717) is 45.2 Å². The highest BCUT2D eigenvalue weighted by atomic mass is 16.5. The number of fused-ring (bicyclic) bond motifs is 1. The van der Waals surface area contributed by atoms with E-state index < -0.39 is 5.97 Å². The predicted octanol–water partition coefficient (Wildman–Crippen LogP) is 4.00. The first-order valence-electron chi connectivity index (χ1n) is 9.55. The Morgan fingerprint density at radius 1 is 0.903 bits per heavy atom. The molecule has 0 N–H and O–H groups in total. The van der Waals surface area contributed by atoms with Gasteiger partial charge in [-0.05, 0) is 42.5 Å². The first-order chi connectivity index (χ1) is 15.0. The Bertz CT molecular complexity index is 1310. The highest BCUT2D eigenvalue weighted by molar-refractivity contribution is 5.84. The maximum absolute atomic E-state index is 13.6. The molecule has 3 aromatic carbocycles. The number of esters is 1. The molecule has 0 aliphatic carbocycles. The second kappa shape index (κ2) is 8.31. The van der Waals surface area contributed by atoms with Gasteiger partial charge < -0.3 is 14.2 Å². The molecule has 4 aromatic rings. The van der Waals surface area contributed by atoms with Crippen molar-refractivity contribution in [3.8, 4) is 34.3 Å². The SMILES string of the molecule is COc1cc2nc(-c3ccc(OC(C)=O)cc3)n(-c3ccccc3)c(=O)c2cc1OC. The van der Waals surface area contributed by atoms with Crippen molar-refractivity contribution in [3.63, 3.8) is 0 Å². The third kappa shape index (κ3) is 3.85. The van der Waals surface area contributed by atoms with Crippen LogP contribution in [0.2, 0.25) is 0 Å². The molecule has 0 saturated heterocycles. The zero-order valence-electron chi connectivity index (χ0n) is 17.3. The van der Waals surface area contributed by atoms with Gasteiger partial charge >= 0.3 is 5.97 Å². The summed E-state index contributed by atoms with van der Waals surface area (Å²) in [5.41, 5.74) is 1.61. The standard InChI is InChI=1S/C24H20N2O5/c1-15(27)31-18-11-9-16(10-12-18)23-25-20-14-22(30-3)21(29-2)13-19(20)24(28)26(23)17-7-5-4-6-8-17/h4-14H,1-3H3. The van der Waals surface area contributed by atoms with Gasteiger partial charge in [-0.15, -0.1) is 0 Å². The number of benzene rings is 3.